The van der Waals surface area contributed by atoms with Gasteiger partial charge in [0.05, 0.1) is 0 Å². The second-order valence-corrected chi connectivity index (χ2v) is 12.5. The van der Waals surface area contributed by atoms with Crippen LogP contribution in [0.5, 0.6) is 0 Å². The first kappa shape index (κ1) is 34.0. The average molecular weight is 569 g/mol. The van der Waals surface area contributed by atoms with Gasteiger partial charge in [-0.15, -0.1) is 0 Å². The van der Waals surface area contributed by atoms with Gasteiger partial charge in [-0.3, -0.25) is 0 Å². The Balaban J connectivity index is 2.30. The van der Waals surface area contributed by atoms with E-state index in [9.17, 15) is 5.53 Å². The van der Waals surface area contributed by atoms with Crippen molar-refractivity contribution in [1.82, 2.24) is 0 Å². The van der Waals surface area contributed by atoms with E-state index in [1.54, 1.807) is 15.8 Å². The molecular formula is C40H60N2. The molecule has 0 spiro atoms. The summed E-state index contributed by atoms with van der Waals surface area (Å²) in [6, 6.07) is 9.72. The van der Waals surface area contributed by atoms with Crippen LogP contribution in [0.4, 0.5) is 0 Å². The lowest BCUT2D eigenvalue weighted by atomic mass is 9.87. The highest BCUT2D eigenvalue weighted by atomic mass is 15.2. The van der Waals surface area contributed by atoms with Gasteiger partial charge in [-0.05, 0) is 115 Å². The molecule has 0 bridgehead atoms. The second kappa shape index (κ2) is 17.0. The third-order valence-corrected chi connectivity index (χ3v) is 8.99. The van der Waals surface area contributed by atoms with Crippen LogP contribution in [0.3, 0.4) is 0 Å². The van der Waals surface area contributed by atoms with E-state index >= 15 is 0 Å². The quantitative estimate of drug-likeness (QED) is 0.160. The van der Waals surface area contributed by atoms with Gasteiger partial charge in [0.15, 0.2) is 0 Å². The summed E-state index contributed by atoms with van der Waals surface area (Å²) in [6.45, 7) is 18.3. The van der Waals surface area contributed by atoms with Crippen molar-refractivity contribution in [3.63, 3.8) is 0 Å². The van der Waals surface area contributed by atoms with E-state index in [0.29, 0.717) is 0 Å². The summed E-state index contributed by atoms with van der Waals surface area (Å²) in [5, 5.41) is 0. The molecular weight excluding hydrogens is 508 g/mol. The highest BCUT2D eigenvalue weighted by Crippen LogP contribution is 2.45. The number of hydrogen-bond donors (Lipinski definition) is 0. The first-order valence-corrected chi connectivity index (χ1v) is 17.7. The topological polar surface area (TPSA) is 25.3 Å². The Morgan fingerprint density at radius 1 is 0.452 bits per heavy atom. The number of nitrogens with zero attached hydrogens (tertiary/aromatic N) is 2. The summed E-state index contributed by atoms with van der Waals surface area (Å²) < 4.78 is 1.62. The molecule has 2 aromatic carbocycles. The van der Waals surface area contributed by atoms with E-state index in [-0.39, 0.29) is 0 Å². The summed E-state index contributed by atoms with van der Waals surface area (Å²) >= 11 is 0. The monoisotopic (exact) mass is 568 g/mol. The van der Waals surface area contributed by atoms with Crippen LogP contribution in [0, 0.1) is 0 Å². The maximum absolute atomic E-state index is 12.3. The van der Waals surface area contributed by atoms with E-state index in [0.717, 1.165) is 101 Å². The standard InChI is InChI=1S/C40H60N2/c1-9-17-24-38-35(16-8)39(33-25-29(18-10-2)36(22-14-6)30(26-33)19-11-3)42(41)40(38)34-27-31(20-12-4)37(23-15-7)32(28-34)21-13-5/h25-28H,9-24H2,1-8H3. The lowest BCUT2D eigenvalue weighted by Crippen LogP contribution is -2.08. The number of rotatable bonds is 18. The van der Waals surface area contributed by atoms with E-state index in [1.165, 1.54) is 57.4 Å². The Morgan fingerprint density at radius 3 is 1.12 bits per heavy atom. The van der Waals surface area contributed by atoms with Gasteiger partial charge < -0.3 is 5.53 Å². The highest BCUT2D eigenvalue weighted by Gasteiger charge is 2.35. The first-order chi connectivity index (χ1) is 20.4. The Kier molecular flexibility index (Phi) is 13.7. The van der Waals surface area contributed by atoms with Gasteiger partial charge in [0, 0.05) is 22.3 Å². The molecule has 0 saturated carbocycles. The third kappa shape index (κ3) is 7.53. The number of unbranched alkanes of at least 4 members (excludes halogenated alkanes) is 1. The minimum atomic E-state index is 0.926. The Labute approximate surface area is 259 Å². The molecule has 0 unspecified atom stereocenters. The minimum Gasteiger partial charge on any atom is -0.493 e. The normalized spacial score (nSPS) is 13.7. The summed E-state index contributed by atoms with van der Waals surface area (Å²) in [5.41, 5.74) is 28.5. The van der Waals surface area contributed by atoms with Crippen LogP contribution in [-0.2, 0) is 38.5 Å². The predicted octanol–water partition coefficient (Wildman–Crippen LogP) is 12.2. The molecule has 2 aromatic rings. The van der Waals surface area contributed by atoms with Gasteiger partial charge >= 0.3 is 0 Å². The van der Waals surface area contributed by atoms with Gasteiger partial charge in [-0.25, -0.2) is 4.70 Å². The third-order valence-electron chi connectivity index (χ3n) is 8.99. The Hall–Kier alpha value is -2.48. The largest absolute Gasteiger partial charge is 0.493 e. The zero-order valence-electron chi connectivity index (χ0n) is 28.5. The molecule has 1 aliphatic rings. The lowest BCUT2D eigenvalue weighted by molar-refractivity contribution is -0.345. The highest BCUT2D eigenvalue weighted by molar-refractivity contribution is 5.83. The summed E-state index contributed by atoms with van der Waals surface area (Å²) in [7, 11) is 0. The molecule has 1 aliphatic heterocycles. The Morgan fingerprint density at radius 2 is 0.810 bits per heavy atom. The molecule has 2 nitrogen and oxygen atoms in total. The minimum absolute atomic E-state index is 0.926. The predicted molar refractivity (Wildman–Crippen MR) is 184 cm³/mol. The fourth-order valence-corrected chi connectivity index (χ4v) is 7.23. The Bertz CT molecular complexity index is 1220. The van der Waals surface area contributed by atoms with Gasteiger partial charge in [-0.2, -0.15) is 0 Å². The van der Waals surface area contributed by atoms with Crippen molar-refractivity contribution in [3.8, 4) is 0 Å². The van der Waals surface area contributed by atoms with Crippen molar-refractivity contribution in [1.29, 1.82) is 0 Å². The number of hydrogen-bond acceptors (Lipinski definition) is 0. The van der Waals surface area contributed by atoms with E-state index in [4.69, 9.17) is 0 Å². The van der Waals surface area contributed by atoms with Crippen molar-refractivity contribution < 1.29 is 4.70 Å². The zero-order chi connectivity index (χ0) is 30.6. The maximum atomic E-state index is 12.3. The molecule has 0 N–H and O–H groups in total. The van der Waals surface area contributed by atoms with E-state index in [2.05, 4.69) is 79.7 Å². The number of benzene rings is 2. The van der Waals surface area contributed by atoms with Crippen LogP contribution in [0.1, 0.15) is 164 Å². The number of allylic oxidation sites excluding steroid dienone is 2. The SMILES string of the molecule is CCCCC1=C(c2cc(CCC)c(CCC)c(CCC)c2)[N+](=[N-])C(c2cc(CCC)c(CCC)c(CCC)c2)=C1CC. The fraction of sp³-hybridized carbons (Fsp3) is 0.600. The van der Waals surface area contributed by atoms with Crippen LogP contribution in [0.25, 0.3) is 16.9 Å². The van der Waals surface area contributed by atoms with Crippen LogP contribution in [0.2, 0.25) is 0 Å². The molecule has 0 aliphatic carbocycles. The smallest absolute Gasteiger partial charge is 0.211 e. The summed E-state index contributed by atoms with van der Waals surface area (Å²) in [4.78, 5) is 0. The molecule has 0 amide bonds. The van der Waals surface area contributed by atoms with Gasteiger partial charge in [0.1, 0.15) is 0 Å². The van der Waals surface area contributed by atoms with Gasteiger partial charge in [0.2, 0.25) is 11.4 Å². The van der Waals surface area contributed by atoms with Gasteiger partial charge in [-0.1, -0.05) is 100 Å². The van der Waals surface area contributed by atoms with Crippen molar-refractivity contribution in [2.75, 3.05) is 0 Å². The first-order valence-electron chi connectivity index (χ1n) is 17.7. The molecule has 0 radical (unpaired) electrons. The molecule has 1 heterocycles. The van der Waals surface area contributed by atoms with Crippen molar-refractivity contribution in [2.24, 2.45) is 0 Å². The van der Waals surface area contributed by atoms with E-state index < -0.39 is 0 Å². The zero-order valence-corrected chi connectivity index (χ0v) is 28.5. The van der Waals surface area contributed by atoms with Gasteiger partial charge in [0.25, 0.3) is 0 Å². The van der Waals surface area contributed by atoms with Crippen LogP contribution in [0.15, 0.2) is 35.4 Å². The molecule has 2 heteroatoms. The molecule has 0 saturated heterocycles. The summed E-state index contributed by atoms with van der Waals surface area (Å²) in [6.07, 6.45) is 17.8. The molecule has 230 valence electrons. The molecule has 3 rings (SSSR count). The maximum Gasteiger partial charge on any atom is 0.211 e. The molecule has 0 atom stereocenters. The van der Waals surface area contributed by atoms with Crippen LogP contribution in [-0.4, -0.2) is 4.70 Å². The second-order valence-electron chi connectivity index (χ2n) is 12.5. The van der Waals surface area contributed by atoms with Crippen molar-refractivity contribution in [2.45, 2.75) is 158 Å². The molecule has 0 fully saturated rings. The molecule has 42 heavy (non-hydrogen) atoms. The van der Waals surface area contributed by atoms with Crippen LogP contribution < -0.4 is 0 Å². The number of aryl methyl sites for hydroxylation is 4. The summed E-state index contributed by atoms with van der Waals surface area (Å²) in [5.74, 6) is 0. The lowest BCUT2D eigenvalue weighted by Gasteiger charge is -2.19. The fourth-order valence-electron chi connectivity index (χ4n) is 7.23. The van der Waals surface area contributed by atoms with E-state index in [1.807, 2.05) is 0 Å². The van der Waals surface area contributed by atoms with Crippen LogP contribution >= 0.6 is 0 Å². The van der Waals surface area contributed by atoms with Crippen molar-refractivity contribution >= 4 is 11.4 Å². The van der Waals surface area contributed by atoms with Crippen molar-refractivity contribution in [3.05, 3.63) is 85.5 Å². The average Bonchev–Trinajstić information content (AvgIpc) is 3.26. The molecule has 0 aromatic heterocycles.